The predicted molar refractivity (Wildman–Crippen MR) is 156 cm³/mol. The zero-order valence-electron chi connectivity index (χ0n) is 22.2. The van der Waals surface area contributed by atoms with Crippen molar-refractivity contribution in [2.75, 3.05) is 0 Å². The van der Waals surface area contributed by atoms with Gasteiger partial charge in [0.15, 0.2) is 0 Å². The number of rotatable bonds is 1. The number of fused-ring (bicyclic) bond motifs is 10. The largest absolute Gasteiger partial charge is 0.304 e. The average Bonchev–Trinajstić information content (AvgIpc) is 3.45. The summed E-state index contributed by atoms with van der Waals surface area (Å²) in [7, 11) is 0. The van der Waals surface area contributed by atoms with E-state index < -0.39 is 0 Å². The summed E-state index contributed by atoms with van der Waals surface area (Å²) < 4.78 is 0. The third kappa shape index (κ3) is 3.96. The zero-order chi connectivity index (χ0) is 26.4. The van der Waals surface area contributed by atoms with Crippen LogP contribution < -0.4 is 0 Å². The first-order chi connectivity index (χ1) is 19.2. The Bertz CT molecular complexity index is 1630. The Kier molecular flexibility index (Phi) is 6.78. The maximum Gasteiger partial charge on any atom is 0.0888 e. The van der Waals surface area contributed by atoms with E-state index in [-0.39, 0.29) is 26.5 Å². The van der Waals surface area contributed by atoms with Gasteiger partial charge in [0, 0.05) is 45.1 Å². The predicted octanol–water partition coefficient (Wildman–Crippen LogP) is 7.98. The second-order valence-electron chi connectivity index (χ2n) is 10.1. The minimum Gasteiger partial charge on any atom is -0.304 e. The molecule has 0 N–H and O–H groups in total. The molecule has 0 saturated carbocycles. The van der Waals surface area contributed by atoms with Crippen LogP contribution in [0.25, 0.3) is 33.8 Å². The van der Waals surface area contributed by atoms with Crippen molar-refractivity contribution in [1.29, 1.82) is 0 Å². The third-order valence-corrected chi connectivity index (χ3v) is 7.75. The Hall–Kier alpha value is -4.20. The Morgan fingerprint density at radius 2 is 1.10 bits per heavy atom. The van der Waals surface area contributed by atoms with Crippen LogP contribution in [0.3, 0.4) is 0 Å². The van der Waals surface area contributed by atoms with Crippen molar-refractivity contribution in [3.05, 3.63) is 161 Å². The standard InChI is InChI=1S/C24H14N.C12H12N2.Pt/c1-4-11-19-16(8-1)17-9-2-5-12-20(17)24(19)21-13-6-3-10-18(21)23-22(24)14-7-15-25-23;1-9-3-5-13-11(7-9)12-8-10(2)4-6-14-12;/h1-9,11-15H;3-8H,1-2H3;/q-1;;. The van der Waals surface area contributed by atoms with Gasteiger partial charge in [-0.05, 0) is 83.3 Å². The van der Waals surface area contributed by atoms with Gasteiger partial charge < -0.3 is 4.98 Å². The summed E-state index contributed by atoms with van der Waals surface area (Å²) in [4.78, 5) is 13.3. The van der Waals surface area contributed by atoms with Crippen LogP contribution in [0.4, 0.5) is 0 Å². The molecule has 8 rings (SSSR count). The molecule has 196 valence electrons. The Balaban J connectivity index is 0.000000166. The van der Waals surface area contributed by atoms with E-state index in [1.165, 1.54) is 44.5 Å². The molecule has 2 aliphatic rings. The molecule has 0 unspecified atom stereocenters. The molecule has 0 aliphatic heterocycles. The fraction of sp³-hybridized carbons (Fsp3) is 0.0833. The quantitative estimate of drug-likeness (QED) is 0.164. The minimum atomic E-state index is -0.274. The van der Waals surface area contributed by atoms with E-state index in [1.54, 1.807) is 0 Å². The topological polar surface area (TPSA) is 38.7 Å². The molecule has 1 spiro atoms. The minimum absolute atomic E-state index is 0. The van der Waals surface area contributed by atoms with Crippen molar-refractivity contribution in [3.8, 4) is 33.8 Å². The van der Waals surface area contributed by atoms with E-state index in [0.717, 1.165) is 22.6 Å². The van der Waals surface area contributed by atoms with Gasteiger partial charge in [-0.2, -0.15) is 0 Å². The molecule has 0 atom stereocenters. The molecule has 3 nitrogen and oxygen atoms in total. The molecule has 4 heteroatoms. The van der Waals surface area contributed by atoms with Crippen LogP contribution in [0.5, 0.6) is 0 Å². The van der Waals surface area contributed by atoms with Crippen molar-refractivity contribution >= 4 is 0 Å². The number of benzene rings is 3. The fourth-order valence-electron chi connectivity index (χ4n) is 6.17. The van der Waals surface area contributed by atoms with Gasteiger partial charge in [0.1, 0.15) is 0 Å². The van der Waals surface area contributed by atoms with E-state index in [1.807, 2.05) is 48.9 Å². The Morgan fingerprint density at radius 1 is 0.550 bits per heavy atom. The van der Waals surface area contributed by atoms with E-state index in [4.69, 9.17) is 4.98 Å². The second-order valence-corrected chi connectivity index (χ2v) is 10.1. The van der Waals surface area contributed by atoms with Gasteiger partial charge in [-0.15, -0.1) is 35.4 Å². The number of aromatic nitrogens is 3. The van der Waals surface area contributed by atoms with Crippen molar-refractivity contribution in [3.63, 3.8) is 0 Å². The zero-order valence-corrected chi connectivity index (χ0v) is 24.5. The number of aryl methyl sites for hydroxylation is 2. The Morgan fingerprint density at radius 3 is 1.70 bits per heavy atom. The first-order valence-corrected chi connectivity index (χ1v) is 13.2. The van der Waals surface area contributed by atoms with Crippen LogP contribution >= 0.6 is 0 Å². The van der Waals surface area contributed by atoms with Gasteiger partial charge >= 0.3 is 0 Å². The summed E-state index contributed by atoms with van der Waals surface area (Å²) in [5, 5.41) is 0. The summed E-state index contributed by atoms with van der Waals surface area (Å²) in [6.07, 6.45) is 5.51. The molecule has 2 aliphatic carbocycles. The molecule has 3 aromatic carbocycles. The number of nitrogens with zero attached hydrogens (tertiary/aromatic N) is 3. The van der Waals surface area contributed by atoms with E-state index in [2.05, 4.69) is 103 Å². The van der Waals surface area contributed by atoms with Crippen molar-refractivity contribution in [2.24, 2.45) is 0 Å². The van der Waals surface area contributed by atoms with Crippen molar-refractivity contribution in [2.45, 2.75) is 19.3 Å². The SMILES string of the molecule is Cc1ccnc(-c2cc(C)ccn2)c1.[Pt].[c-]1cccc2c1-c1ncccc1C21c2ccccc2-c2ccccc21. The summed E-state index contributed by atoms with van der Waals surface area (Å²) in [6, 6.07) is 39.7. The maximum atomic E-state index is 4.73. The molecular weight excluding hydrogens is 669 g/mol. The molecule has 0 fully saturated rings. The van der Waals surface area contributed by atoms with E-state index in [9.17, 15) is 0 Å². The Labute approximate surface area is 249 Å². The van der Waals surface area contributed by atoms with Gasteiger partial charge in [0.2, 0.25) is 0 Å². The average molecular weight is 696 g/mol. The molecule has 0 radical (unpaired) electrons. The molecule has 0 bridgehead atoms. The smallest absolute Gasteiger partial charge is 0.0888 e. The van der Waals surface area contributed by atoms with Gasteiger partial charge in [-0.1, -0.05) is 60.2 Å². The monoisotopic (exact) mass is 695 g/mol. The molecular formula is C36H26N3Pt-. The van der Waals surface area contributed by atoms with Gasteiger partial charge in [-0.25, -0.2) is 0 Å². The first-order valence-electron chi connectivity index (χ1n) is 13.2. The molecule has 6 aromatic rings. The van der Waals surface area contributed by atoms with Crippen molar-refractivity contribution in [1.82, 2.24) is 15.0 Å². The van der Waals surface area contributed by atoms with Crippen LogP contribution in [0.1, 0.15) is 33.4 Å². The van der Waals surface area contributed by atoms with Gasteiger partial charge in [0.25, 0.3) is 0 Å². The van der Waals surface area contributed by atoms with E-state index in [0.29, 0.717) is 0 Å². The van der Waals surface area contributed by atoms with E-state index >= 15 is 0 Å². The third-order valence-electron chi connectivity index (χ3n) is 7.75. The van der Waals surface area contributed by atoms with Crippen molar-refractivity contribution < 1.29 is 21.1 Å². The normalized spacial score (nSPS) is 12.8. The summed E-state index contributed by atoms with van der Waals surface area (Å²) >= 11 is 0. The van der Waals surface area contributed by atoms with Crippen LogP contribution in [0, 0.1) is 19.9 Å². The summed E-state index contributed by atoms with van der Waals surface area (Å²) in [6.45, 7) is 4.11. The van der Waals surface area contributed by atoms with Gasteiger partial charge in [-0.3, -0.25) is 9.97 Å². The fourth-order valence-corrected chi connectivity index (χ4v) is 6.17. The number of hydrogen-bond acceptors (Lipinski definition) is 3. The number of pyridine rings is 3. The number of hydrogen-bond donors (Lipinski definition) is 0. The summed E-state index contributed by atoms with van der Waals surface area (Å²) in [5.41, 5.74) is 14.1. The second kappa shape index (κ2) is 10.4. The molecule has 3 aromatic heterocycles. The van der Waals surface area contributed by atoms with Crippen LogP contribution in [0.2, 0.25) is 0 Å². The summed E-state index contributed by atoms with van der Waals surface area (Å²) in [5.74, 6) is 0. The van der Waals surface area contributed by atoms with Crippen LogP contribution in [-0.4, -0.2) is 15.0 Å². The molecule has 3 heterocycles. The molecule has 40 heavy (non-hydrogen) atoms. The maximum absolute atomic E-state index is 4.73. The van der Waals surface area contributed by atoms with Crippen LogP contribution in [-0.2, 0) is 26.5 Å². The first kappa shape index (κ1) is 26.0. The van der Waals surface area contributed by atoms with Crippen LogP contribution in [0.15, 0.2) is 122 Å². The molecule has 0 amide bonds. The van der Waals surface area contributed by atoms with Gasteiger partial charge in [0.05, 0.1) is 11.4 Å². The molecule has 0 saturated heterocycles.